The fourth-order valence-corrected chi connectivity index (χ4v) is 1.98. The zero-order chi connectivity index (χ0) is 9.56. The Morgan fingerprint density at radius 1 is 1.08 bits per heavy atom. The van der Waals surface area contributed by atoms with Crippen molar-refractivity contribution in [3.8, 4) is 0 Å². The van der Waals surface area contributed by atoms with E-state index in [0.29, 0.717) is 12.0 Å². The molecule has 0 radical (unpaired) electrons. The van der Waals surface area contributed by atoms with E-state index in [9.17, 15) is 0 Å². The van der Waals surface area contributed by atoms with Gasteiger partial charge in [-0.05, 0) is 18.3 Å². The maximum atomic E-state index is 6.08. The number of hydrogen-bond acceptors (Lipinski definition) is 1. The van der Waals surface area contributed by atoms with E-state index in [-0.39, 0.29) is 0 Å². The smallest absolute Gasteiger partial charge is 0.00670 e. The number of hydrogen-bond donors (Lipinski definition) is 1. The Morgan fingerprint density at radius 3 is 1.92 bits per heavy atom. The van der Waals surface area contributed by atoms with Crippen LogP contribution in [0.3, 0.4) is 0 Å². The molecule has 0 saturated carbocycles. The van der Waals surface area contributed by atoms with Gasteiger partial charge in [-0.25, -0.2) is 0 Å². The Balaban J connectivity index is 3.87. The average molecular weight is 171 g/mol. The van der Waals surface area contributed by atoms with Crippen molar-refractivity contribution in [2.45, 2.75) is 59.4 Å². The van der Waals surface area contributed by atoms with E-state index in [0.717, 1.165) is 5.92 Å². The highest BCUT2D eigenvalue weighted by molar-refractivity contribution is 4.74. The fraction of sp³-hybridized carbons (Fsp3) is 1.00. The van der Waals surface area contributed by atoms with E-state index in [2.05, 4.69) is 27.7 Å². The van der Waals surface area contributed by atoms with Gasteiger partial charge in [0, 0.05) is 6.04 Å². The largest absolute Gasteiger partial charge is 0.327 e. The molecule has 0 amide bonds. The van der Waals surface area contributed by atoms with Gasteiger partial charge in [-0.2, -0.15) is 0 Å². The molecule has 74 valence electrons. The van der Waals surface area contributed by atoms with E-state index < -0.39 is 0 Å². The number of nitrogens with two attached hydrogens (primary N) is 1. The lowest BCUT2D eigenvalue weighted by Crippen LogP contribution is -2.32. The Bertz CT molecular complexity index is 97.2. The second-order valence-corrected chi connectivity index (χ2v) is 3.89. The maximum Gasteiger partial charge on any atom is 0.00670 e. The van der Waals surface area contributed by atoms with Crippen molar-refractivity contribution in [1.82, 2.24) is 0 Å². The molecule has 2 unspecified atom stereocenters. The van der Waals surface area contributed by atoms with Crippen molar-refractivity contribution in [3.63, 3.8) is 0 Å². The van der Waals surface area contributed by atoms with E-state index in [1.165, 1.54) is 25.7 Å². The van der Waals surface area contributed by atoms with Crippen LogP contribution in [0, 0.1) is 11.8 Å². The van der Waals surface area contributed by atoms with Gasteiger partial charge in [0.25, 0.3) is 0 Å². The van der Waals surface area contributed by atoms with Crippen molar-refractivity contribution in [3.05, 3.63) is 0 Å². The molecule has 2 atom stereocenters. The fourth-order valence-electron chi connectivity index (χ4n) is 1.98. The molecule has 0 rings (SSSR count). The van der Waals surface area contributed by atoms with E-state index in [4.69, 9.17) is 5.73 Å². The van der Waals surface area contributed by atoms with Crippen LogP contribution in [-0.2, 0) is 0 Å². The van der Waals surface area contributed by atoms with Crippen molar-refractivity contribution < 1.29 is 0 Å². The summed E-state index contributed by atoms with van der Waals surface area (Å²) in [6.07, 6.45) is 4.94. The summed E-state index contributed by atoms with van der Waals surface area (Å²) < 4.78 is 0. The normalized spacial score (nSPS) is 16.5. The van der Waals surface area contributed by atoms with Gasteiger partial charge in [-0.1, -0.05) is 47.0 Å². The summed E-state index contributed by atoms with van der Waals surface area (Å²) in [5, 5.41) is 0. The Kier molecular flexibility index (Phi) is 6.45. The summed E-state index contributed by atoms with van der Waals surface area (Å²) in [6, 6.07) is 0.417. The van der Waals surface area contributed by atoms with Gasteiger partial charge in [0.2, 0.25) is 0 Å². The summed E-state index contributed by atoms with van der Waals surface area (Å²) in [5.74, 6) is 1.52. The van der Waals surface area contributed by atoms with Gasteiger partial charge in [0.1, 0.15) is 0 Å². The van der Waals surface area contributed by atoms with Crippen LogP contribution >= 0.6 is 0 Å². The summed E-state index contributed by atoms with van der Waals surface area (Å²) in [5.41, 5.74) is 6.08. The Hall–Kier alpha value is -0.0400. The summed E-state index contributed by atoms with van der Waals surface area (Å²) >= 11 is 0. The van der Waals surface area contributed by atoms with Gasteiger partial charge in [0.15, 0.2) is 0 Å². The van der Waals surface area contributed by atoms with E-state index in [1.54, 1.807) is 0 Å². The molecule has 0 fully saturated rings. The van der Waals surface area contributed by atoms with Gasteiger partial charge in [-0.3, -0.25) is 0 Å². The standard InChI is InChI=1S/C11H25N/c1-5-8-11(12)9(4)10(6-2)7-3/h9-11H,5-8,12H2,1-4H3. The Morgan fingerprint density at radius 2 is 1.58 bits per heavy atom. The third kappa shape index (κ3) is 3.57. The molecule has 1 nitrogen and oxygen atoms in total. The third-order valence-electron chi connectivity index (χ3n) is 3.09. The molecule has 0 aliphatic heterocycles. The van der Waals surface area contributed by atoms with Crippen molar-refractivity contribution in [1.29, 1.82) is 0 Å². The monoisotopic (exact) mass is 171 g/mol. The first-order valence-corrected chi connectivity index (χ1v) is 5.42. The van der Waals surface area contributed by atoms with E-state index >= 15 is 0 Å². The minimum Gasteiger partial charge on any atom is -0.327 e. The average Bonchev–Trinajstić information content (AvgIpc) is 2.07. The molecular weight excluding hydrogens is 146 g/mol. The predicted molar refractivity (Wildman–Crippen MR) is 56.1 cm³/mol. The van der Waals surface area contributed by atoms with Gasteiger partial charge in [0.05, 0.1) is 0 Å². The van der Waals surface area contributed by atoms with Crippen LogP contribution in [-0.4, -0.2) is 6.04 Å². The molecule has 0 heterocycles. The third-order valence-corrected chi connectivity index (χ3v) is 3.09. The SMILES string of the molecule is CCCC(N)C(C)C(CC)CC. The lowest BCUT2D eigenvalue weighted by atomic mass is 9.83. The van der Waals surface area contributed by atoms with Crippen molar-refractivity contribution in [2.75, 3.05) is 0 Å². The second kappa shape index (κ2) is 6.47. The molecular formula is C11H25N. The molecule has 0 bridgehead atoms. The Labute approximate surface area is 77.7 Å². The van der Waals surface area contributed by atoms with Crippen LogP contribution in [0.25, 0.3) is 0 Å². The molecule has 12 heavy (non-hydrogen) atoms. The molecule has 0 aromatic carbocycles. The first-order valence-electron chi connectivity index (χ1n) is 5.42. The second-order valence-electron chi connectivity index (χ2n) is 3.89. The lowest BCUT2D eigenvalue weighted by molar-refractivity contribution is 0.277. The minimum absolute atomic E-state index is 0.417. The van der Waals surface area contributed by atoms with Crippen LogP contribution in [0.15, 0.2) is 0 Å². The quantitative estimate of drug-likeness (QED) is 0.652. The molecule has 1 heteroatoms. The van der Waals surface area contributed by atoms with Gasteiger partial charge in [-0.15, -0.1) is 0 Å². The van der Waals surface area contributed by atoms with Crippen molar-refractivity contribution in [2.24, 2.45) is 17.6 Å². The summed E-state index contributed by atoms with van der Waals surface area (Å²) in [6.45, 7) is 9.05. The van der Waals surface area contributed by atoms with Gasteiger partial charge >= 0.3 is 0 Å². The zero-order valence-electron chi connectivity index (χ0n) is 9.14. The van der Waals surface area contributed by atoms with Crippen LogP contribution in [0.2, 0.25) is 0 Å². The molecule has 0 aromatic rings. The number of rotatable bonds is 6. The zero-order valence-corrected chi connectivity index (χ0v) is 9.14. The maximum absolute atomic E-state index is 6.08. The highest BCUT2D eigenvalue weighted by Gasteiger charge is 2.19. The lowest BCUT2D eigenvalue weighted by Gasteiger charge is -2.26. The molecule has 0 aliphatic carbocycles. The van der Waals surface area contributed by atoms with Crippen LogP contribution in [0.5, 0.6) is 0 Å². The minimum atomic E-state index is 0.417. The molecule has 0 aliphatic rings. The summed E-state index contributed by atoms with van der Waals surface area (Å²) in [4.78, 5) is 0. The van der Waals surface area contributed by atoms with Crippen LogP contribution in [0.1, 0.15) is 53.4 Å². The van der Waals surface area contributed by atoms with Crippen molar-refractivity contribution >= 4 is 0 Å². The molecule has 0 aromatic heterocycles. The van der Waals surface area contributed by atoms with Crippen LogP contribution in [0.4, 0.5) is 0 Å². The van der Waals surface area contributed by atoms with E-state index in [1.807, 2.05) is 0 Å². The predicted octanol–water partition coefficient (Wildman–Crippen LogP) is 3.19. The molecule has 0 spiro atoms. The van der Waals surface area contributed by atoms with Crippen LogP contribution < -0.4 is 5.73 Å². The first kappa shape index (κ1) is 12.0. The topological polar surface area (TPSA) is 26.0 Å². The molecule has 0 saturated heterocycles. The first-order chi connectivity index (χ1) is 5.67. The van der Waals surface area contributed by atoms with Gasteiger partial charge < -0.3 is 5.73 Å². The summed E-state index contributed by atoms with van der Waals surface area (Å²) in [7, 11) is 0. The highest BCUT2D eigenvalue weighted by atomic mass is 14.6. The highest BCUT2D eigenvalue weighted by Crippen LogP contribution is 2.23. The molecule has 2 N–H and O–H groups in total.